The van der Waals surface area contributed by atoms with Crippen molar-refractivity contribution in [3.05, 3.63) is 102 Å². The Hall–Kier alpha value is -4.04. The zero-order valence-electron chi connectivity index (χ0n) is 23.9. The molecule has 0 N–H and O–H groups in total. The number of hydrogen-bond acceptors (Lipinski definition) is 7. The molecule has 4 aromatic rings. The van der Waals surface area contributed by atoms with Gasteiger partial charge in [-0.05, 0) is 121 Å². The van der Waals surface area contributed by atoms with Crippen LogP contribution in [0.15, 0.2) is 132 Å². The van der Waals surface area contributed by atoms with Gasteiger partial charge in [-0.15, -0.1) is 0 Å². The van der Waals surface area contributed by atoms with Crippen LogP contribution in [0, 0.1) is 11.3 Å². The van der Waals surface area contributed by atoms with Crippen LogP contribution in [0.3, 0.4) is 0 Å². The fourth-order valence-corrected chi connectivity index (χ4v) is 4.42. The first-order valence-corrected chi connectivity index (χ1v) is 14.4. The molecule has 0 heterocycles. The summed E-state index contributed by atoms with van der Waals surface area (Å²) in [6, 6.07) is 30.2. The van der Waals surface area contributed by atoms with E-state index in [2.05, 4.69) is 74.3 Å². The van der Waals surface area contributed by atoms with Gasteiger partial charge in [-0.1, -0.05) is 43.6 Å². The highest BCUT2D eigenvalue weighted by Crippen LogP contribution is 2.28. The maximum absolute atomic E-state index is 5.91. The maximum Gasteiger partial charge on any atom is 0.119 e. The molecule has 210 valence electrons. The number of azo groups is 3. The Balaban J connectivity index is 1.24. The zero-order chi connectivity index (χ0) is 29.1. The zero-order valence-corrected chi connectivity index (χ0v) is 25.5. The summed E-state index contributed by atoms with van der Waals surface area (Å²) in [5, 5.41) is 25.8. The average Bonchev–Trinajstić information content (AvgIpc) is 2.95. The van der Waals surface area contributed by atoms with E-state index in [1.54, 1.807) is 0 Å². The van der Waals surface area contributed by atoms with E-state index in [0.29, 0.717) is 17.9 Å². The van der Waals surface area contributed by atoms with E-state index in [4.69, 9.17) is 4.74 Å². The van der Waals surface area contributed by atoms with Crippen LogP contribution in [0.2, 0.25) is 0 Å². The molecule has 41 heavy (non-hydrogen) atoms. The monoisotopic (exact) mass is 610 g/mol. The Kier molecular flexibility index (Phi) is 10.6. The van der Waals surface area contributed by atoms with Crippen LogP contribution in [-0.2, 0) is 0 Å². The molecule has 1 atom stereocenters. The van der Waals surface area contributed by atoms with Gasteiger partial charge >= 0.3 is 0 Å². The third-order valence-electron chi connectivity index (χ3n) is 6.05. The van der Waals surface area contributed by atoms with E-state index in [1.165, 1.54) is 6.42 Å². The summed E-state index contributed by atoms with van der Waals surface area (Å²) in [6.45, 7) is 9.83. The Morgan fingerprint density at radius 3 is 1.22 bits per heavy atom. The van der Waals surface area contributed by atoms with Crippen LogP contribution in [0.1, 0.15) is 40.5 Å². The molecule has 0 saturated carbocycles. The number of halogens is 1. The highest BCUT2D eigenvalue weighted by molar-refractivity contribution is 9.10. The molecule has 4 rings (SSSR count). The Labute approximate surface area is 250 Å². The minimum atomic E-state index is 0.347. The largest absolute Gasteiger partial charge is 0.494 e. The van der Waals surface area contributed by atoms with E-state index in [-0.39, 0.29) is 0 Å². The van der Waals surface area contributed by atoms with E-state index in [1.807, 2.05) is 97.1 Å². The third kappa shape index (κ3) is 10.8. The fourth-order valence-electron chi connectivity index (χ4n) is 4.16. The molecule has 8 heteroatoms. The number of nitrogens with zero attached hydrogens (tertiary/aromatic N) is 6. The van der Waals surface area contributed by atoms with Gasteiger partial charge < -0.3 is 4.74 Å². The summed E-state index contributed by atoms with van der Waals surface area (Å²) in [5.41, 5.74) is 4.82. The highest BCUT2D eigenvalue weighted by Gasteiger charge is 2.15. The first kappa shape index (κ1) is 29.9. The first-order chi connectivity index (χ1) is 19.7. The molecule has 0 amide bonds. The Morgan fingerprint density at radius 2 is 0.878 bits per heavy atom. The van der Waals surface area contributed by atoms with Crippen molar-refractivity contribution in [2.45, 2.75) is 40.5 Å². The summed E-state index contributed by atoms with van der Waals surface area (Å²) < 4.78 is 6.92. The normalized spacial score (nSPS) is 12.9. The van der Waals surface area contributed by atoms with Gasteiger partial charge in [0.2, 0.25) is 0 Å². The fraction of sp³-hybridized carbons (Fsp3) is 0.273. The topological polar surface area (TPSA) is 83.4 Å². The summed E-state index contributed by atoms with van der Waals surface area (Å²) in [6.07, 6.45) is 2.23. The average molecular weight is 612 g/mol. The Morgan fingerprint density at radius 1 is 0.561 bits per heavy atom. The van der Waals surface area contributed by atoms with Gasteiger partial charge in [0.15, 0.2) is 0 Å². The number of benzene rings is 4. The van der Waals surface area contributed by atoms with Gasteiger partial charge in [0.05, 0.1) is 40.7 Å². The van der Waals surface area contributed by atoms with Crippen LogP contribution in [-0.4, -0.2) is 6.61 Å². The predicted octanol–water partition coefficient (Wildman–Crippen LogP) is 12.5. The second-order valence-corrected chi connectivity index (χ2v) is 12.0. The molecule has 1 unspecified atom stereocenters. The van der Waals surface area contributed by atoms with Crippen LogP contribution >= 0.6 is 15.9 Å². The smallest absolute Gasteiger partial charge is 0.119 e. The second-order valence-electron chi connectivity index (χ2n) is 11.1. The summed E-state index contributed by atoms with van der Waals surface area (Å²) in [4.78, 5) is 0. The van der Waals surface area contributed by atoms with Crippen molar-refractivity contribution in [2.75, 3.05) is 6.61 Å². The van der Waals surface area contributed by atoms with Gasteiger partial charge in [-0.2, -0.15) is 30.7 Å². The van der Waals surface area contributed by atoms with Crippen molar-refractivity contribution in [2.24, 2.45) is 42.0 Å². The second kappa shape index (κ2) is 14.6. The van der Waals surface area contributed by atoms with Crippen LogP contribution in [0.25, 0.3) is 0 Å². The molecule has 7 nitrogen and oxygen atoms in total. The molecule has 0 aliphatic carbocycles. The lowest BCUT2D eigenvalue weighted by Crippen LogP contribution is -2.13. The van der Waals surface area contributed by atoms with E-state index >= 15 is 0 Å². The van der Waals surface area contributed by atoms with Crippen molar-refractivity contribution < 1.29 is 4.74 Å². The van der Waals surface area contributed by atoms with E-state index in [0.717, 1.165) is 50.8 Å². The molecule has 0 aliphatic rings. The standard InChI is InChI=1S/C33H35BrN6O/c1-24(23-33(2,3)4)21-22-41-32-19-17-31(18-20-32)40-39-30-15-13-29(14-16-30)38-37-28-11-9-27(10-12-28)36-35-26-7-5-25(34)6-8-26/h5-20,24H,21-23H2,1-4H3/b36-35+,38-37+,40-39+. The molecular formula is C33H35BrN6O. The molecule has 0 saturated heterocycles. The van der Waals surface area contributed by atoms with Gasteiger partial charge in [-0.3, -0.25) is 0 Å². The number of rotatable bonds is 11. The molecule has 0 fully saturated rings. The minimum absolute atomic E-state index is 0.347. The van der Waals surface area contributed by atoms with Gasteiger partial charge in [-0.25, -0.2) is 0 Å². The minimum Gasteiger partial charge on any atom is -0.494 e. The van der Waals surface area contributed by atoms with E-state index in [9.17, 15) is 0 Å². The molecule has 0 spiro atoms. The lowest BCUT2D eigenvalue weighted by atomic mass is 9.84. The summed E-state index contributed by atoms with van der Waals surface area (Å²) >= 11 is 3.41. The lowest BCUT2D eigenvalue weighted by molar-refractivity contribution is 0.240. The summed E-state index contributed by atoms with van der Waals surface area (Å²) in [7, 11) is 0. The SMILES string of the molecule is CC(CCOc1ccc(/N=N/c2ccc(/N=N/c3ccc(/N=N/c4ccc(Br)cc4)cc3)cc2)cc1)CC(C)(C)C. The van der Waals surface area contributed by atoms with Gasteiger partial charge in [0.1, 0.15) is 5.75 Å². The summed E-state index contributed by atoms with van der Waals surface area (Å²) in [5.74, 6) is 1.48. The lowest BCUT2D eigenvalue weighted by Gasteiger charge is -2.23. The van der Waals surface area contributed by atoms with Crippen molar-refractivity contribution in [1.82, 2.24) is 0 Å². The molecule has 4 aromatic carbocycles. The van der Waals surface area contributed by atoms with Crippen molar-refractivity contribution in [3.63, 3.8) is 0 Å². The molecule has 0 radical (unpaired) electrons. The van der Waals surface area contributed by atoms with Crippen LogP contribution in [0.4, 0.5) is 34.1 Å². The van der Waals surface area contributed by atoms with Crippen molar-refractivity contribution in [1.29, 1.82) is 0 Å². The van der Waals surface area contributed by atoms with Crippen LogP contribution < -0.4 is 4.74 Å². The molecule has 0 aliphatic heterocycles. The number of ether oxygens (including phenoxy) is 1. The molecule has 0 aromatic heterocycles. The number of hydrogen-bond donors (Lipinski definition) is 0. The van der Waals surface area contributed by atoms with Crippen molar-refractivity contribution >= 4 is 50.1 Å². The maximum atomic E-state index is 5.91. The van der Waals surface area contributed by atoms with Crippen molar-refractivity contribution in [3.8, 4) is 5.75 Å². The van der Waals surface area contributed by atoms with E-state index < -0.39 is 0 Å². The van der Waals surface area contributed by atoms with Gasteiger partial charge in [0.25, 0.3) is 0 Å². The Bertz CT molecular complexity index is 1460. The third-order valence-corrected chi connectivity index (χ3v) is 6.57. The quantitative estimate of drug-likeness (QED) is 0.155. The van der Waals surface area contributed by atoms with Gasteiger partial charge in [0, 0.05) is 4.47 Å². The molecular weight excluding hydrogens is 576 g/mol. The highest BCUT2D eigenvalue weighted by atomic mass is 79.9. The predicted molar refractivity (Wildman–Crippen MR) is 169 cm³/mol. The first-order valence-electron chi connectivity index (χ1n) is 13.7. The van der Waals surface area contributed by atoms with Crippen LogP contribution in [0.5, 0.6) is 5.75 Å². The molecule has 0 bridgehead atoms.